The van der Waals surface area contributed by atoms with Crippen LogP contribution in [0.3, 0.4) is 0 Å². The molecule has 1 rings (SSSR count). The molecule has 0 fully saturated rings. The molecule has 17 heavy (non-hydrogen) atoms. The average Bonchev–Trinajstić information content (AvgIpc) is 2.22. The largest absolute Gasteiger partial charge is 0.382 e. The second kappa shape index (κ2) is 7.61. The van der Waals surface area contributed by atoms with Gasteiger partial charge in [-0.05, 0) is 13.8 Å². The van der Waals surface area contributed by atoms with Crippen LogP contribution in [0.5, 0.6) is 0 Å². The van der Waals surface area contributed by atoms with Crippen molar-refractivity contribution in [2.75, 3.05) is 18.9 Å². The summed E-state index contributed by atoms with van der Waals surface area (Å²) < 4.78 is 22.4. The zero-order valence-electron chi connectivity index (χ0n) is 9.83. The van der Waals surface area contributed by atoms with Crippen LogP contribution in [0, 0.1) is 0 Å². The molecule has 0 aliphatic rings. The third-order valence-electron chi connectivity index (χ3n) is 1.73. The molecule has 0 radical (unpaired) electrons. The predicted molar refractivity (Wildman–Crippen MR) is 68.3 cm³/mol. The van der Waals surface area contributed by atoms with Crippen LogP contribution in [0.1, 0.15) is 19.5 Å². The van der Waals surface area contributed by atoms with Crippen LogP contribution in [-0.4, -0.2) is 23.2 Å². The Kier molecular flexibility index (Phi) is 7.30. The Labute approximate surface area is 107 Å². The van der Waals surface area contributed by atoms with Gasteiger partial charge in [0.25, 0.3) is 0 Å². The molecule has 98 valence electrons. The standard InChI is InChI=1S/C9H16N3O3P.ClH/c1-3-14-16(13,15-4-2)7-8-5-12-9(10)6-11-8;/h5-6H,3-4,7H2,1-2H3,(H2,10,12);1H. The van der Waals surface area contributed by atoms with E-state index in [1.807, 2.05) is 0 Å². The van der Waals surface area contributed by atoms with Gasteiger partial charge in [-0.3, -0.25) is 9.55 Å². The highest BCUT2D eigenvalue weighted by molar-refractivity contribution is 7.53. The zero-order chi connectivity index (χ0) is 12.0. The van der Waals surface area contributed by atoms with Gasteiger partial charge in [0.05, 0.1) is 37.5 Å². The normalized spacial score (nSPS) is 10.9. The number of hydrogen-bond donors (Lipinski definition) is 1. The van der Waals surface area contributed by atoms with Gasteiger partial charge in [0.1, 0.15) is 5.82 Å². The van der Waals surface area contributed by atoms with Crippen LogP contribution < -0.4 is 5.73 Å². The Balaban J connectivity index is 0.00000256. The lowest BCUT2D eigenvalue weighted by Crippen LogP contribution is -2.02. The van der Waals surface area contributed by atoms with Gasteiger partial charge >= 0.3 is 7.60 Å². The predicted octanol–water partition coefficient (Wildman–Crippen LogP) is 2.25. The molecule has 0 atom stereocenters. The number of nitrogens with two attached hydrogens (primary N) is 1. The SMILES string of the molecule is CCOP(=O)(Cc1cnc(N)cn1)OCC.Cl. The molecule has 1 aromatic rings. The molecule has 0 unspecified atom stereocenters. The van der Waals surface area contributed by atoms with Crippen LogP contribution in [0.15, 0.2) is 12.4 Å². The first-order valence-electron chi connectivity index (χ1n) is 5.04. The summed E-state index contributed by atoms with van der Waals surface area (Å²) in [5.74, 6) is 0.325. The molecule has 1 heterocycles. The first-order valence-corrected chi connectivity index (χ1v) is 6.77. The number of aromatic nitrogens is 2. The topological polar surface area (TPSA) is 87.3 Å². The molecule has 0 aliphatic carbocycles. The molecular weight excluding hydrogens is 265 g/mol. The van der Waals surface area contributed by atoms with E-state index < -0.39 is 7.60 Å². The summed E-state index contributed by atoms with van der Waals surface area (Å²) in [6.07, 6.45) is 3.00. The summed E-state index contributed by atoms with van der Waals surface area (Å²) >= 11 is 0. The van der Waals surface area contributed by atoms with Gasteiger partial charge in [-0.15, -0.1) is 12.4 Å². The van der Waals surface area contributed by atoms with Gasteiger partial charge in [-0.1, -0.05) is 0 Å². The van der Waals surface area contributed by atoms with E-state index in [0.717, 1.165) is 0 Å². The second-order valence-electron chi connectivity index (χ2n) is 3.04. The van der Waals surface area contributed by atoms with E-state index in [4.69, 9.17) is 14.8 Å². The summed E-state index contributed by atoms with van der Waals surface area (Å²) in [5.41, 5.74) is 5.94. The lowest BCUT2D eigenvalue weighted by Gasteiger charge is -2.16. The third-order valence-corrected chi connectivity index (χ3v) is 3.75. The van der Waals surface area contributed by atoms with Crippen molar-refractivity contribution in [2.45, 2.75) is 20.0 Å². The Bertz CT molecular complexity index is 364. The summed E-state index contributed by atoms with van der Waals surface area (Å²) in [5, 5.41) is 0. The van der Waals surface area contributed by atoms with Crippen LogP contribution in [0.2, 0.25) is 0 Å². The molecule has 0 aliphatic heterocycles. The minimum absolute atomic E-state index is 0. The van der Waals surface area contributed by atoms with Crippen molar-refractivity contribution >= 4 is 25.8 Å². The van der Waals surface area contributed by atoms with E-state index in [1.165, 1.54) is 12.4 Å². The number of nitrogens with zero attached hydrogens (tertiary/aromatic N) is 2. The van der Waals surface area contributed by atoms with Crippen LogP contribution in [0.4, 0.5) is 5.82 Å². The minimum atomic E-state index is -3.10. The number of anilines is 1. The summed E-state index contributed by atoms with van der Waals surface area (Å²) in [4.78, 5) is 7.87. The van der Waals surface area contributed by atoms with Gasteiger partial charge in [0, 0.05) is 0 Å². The fourth-order valence-electron chi connectivity index (χ4n) is 1.17. The lowest BCUT2D eigenvalue weighted by atomic mass is 10.5. The summed E-state index contributed by atoms with van der Waals surface area (Å²) in [6.45, 7) is 4.19. The molecule has 0 saturated carbocycles. The van der Waals surface area contributed by atoms with Crippen LogP contribution in [-0.2, 0) is 19.8 Å². The van der Waals surface area contributed by atoms with Crippen molar-refractivity contribution in [2.24, 2.45) is 0 Å². The highest BCUT2D eigenvalue weighted by Gasteiger charge is 2.24. The van der Waals surface area contributed by atoms with Crippen molar-refractivity contribution in [1.82, 2.24) is 9.97 Å². The van der Waals surface area contributed by atoms with Gasteiger partial charge in [-0.2, -0.15) is 0 Å². The Morgan fingerprint density at radius 3 is 2.24 bits per heavy atom. The van der Waals surface area contributed by atoms with Crippen molar-refractivity contribution in [3.05, 3.63) is 18.1 Å². The number of hydrogen-bond acceptors (Lipinski definition) is 6. The number of nitrogen functional groups attached to an aromatic ring is 1. The quantitative estimate of drug-likeness (QED) is 0.805. The van der Waals surface area contributed by atoms with Crippen molar-refractivity contribution < 1.29 is 13.6 Å². The van der Waals surface area contributed by atoms with E-state index in [1.54, 1.807) is 13.8 Å². The number of halogens is 1. The van der Waals surface area contributed by atoms with Gasteiger partial charge in [0.15, 0.2) is 0 Å². The van der Waals surface area contributed by atoms with Gasteiger partial charge < -0.3 is 14.8 Å². The van der Waals surface area contributed by atoms with Crippen molar-refractivity contribution in [3.8, 4) is 0 Å². The summed E-state index contributed by atoms with van der Waals surface area (Å²) in [7, 11) is -3.10. The fourth-order valence-corrected chi connectivity index (χ4v) is 2.77. The number of rotatable bonds is 6. The van der Waals surface area contributed by atoms with E-state index >= 15 is 0 Å². The van der Waals surface area contributed by atoms with Gasteiger partial charge in [0.2, 0.25) is 0 Å². The van der Waals surface area contributed by atoms with Crippen LogP contribution in [0.25, 0.3) is 0 Å². The third kappa shape index (κ3) is 5.46. The fraction of sp³-hybridized carbons (Fsp3) is 0.556. The maximum absolute atomic E-state index is 12.1. The molecule has 0 bridgehead atoms. The summed E-state index contributed by atoms with van der Waals surface area (Å²) in [6, 6.07) is 0. The molecule has 0 spiro atoms. The first-order chi connectivity index (χ1) is 7.59. The minimum Gasteiger partial charge on any atom is -0.382 e. The Morgan fingerprint density at radius 1 is 1.24 bits per heavy atom. The maximum Gasteiger partial charge on any atom is 0.336 e. The highest BCUT2D eigenvalue weighted by atomic mass is 35.5. The molecule has 1 aromatic heterocycles. The van der Waals surface area contributed by atoms with Gasteiger partial charge in [-0.25, -0.2) is 4.98 Å². The van der Waals surface area contributed by atoms with E-state index in [-0.39, 0.29) is 18.6 Å². The molecule has 6 nitrogen and oxygen atoms in total. The molecule has 8 heteroatoms. The van der Waals surface area contributed by atoms with Crippen LogP contribution >= 0.6 is 20.0 Å². The molecule has 0 amide bonds. The monoisotopic (exact) mass is 281 g/mol. The molecule has 2 N–H and O–H groups in total. The maximum atomic E-state index is 12.1. The average molecular weight is 282 g/mol. The molecule has 0 saturated heterocycles. The lowest BCUT2D eigenvalue weighted by molar-refractivity contribution is 0.219. The first kappa shape index (κ1) is 16.3. The van der Waals surface area contributed by atoms with E-state index in [9.17, 15) is 4.57 Å². The second-order valence-corrected chi connectivity index (χ2v) is 5.09. The van der Waals surface area contributed by atoms with Crippen molar-refractivity contribution in [1.29, 1.82) is 0 Å². The van der Waals surface area contributed by atoms with E-state index in [0.29, 0.717) is 24.7 Å². The van der Waals surface area contributed by atoms with Crippen molar-refractivity contribution in [3.63, 3.8) is 0 Å². The van der Waals surface area contributed by atoms with E-state index in [2.05, 4.69) is 9.97 Å². The Morgan fingerprint density at radius 2 is 1.82 bits per heavy atom. The smallest absolute Gasteiger partial charge is 0.336 e. The Hall–Kier alpha value is -0.680. The molecule has 0 aromatic carbocycles. The molecular formula is C9H17ClN3O3P. The highest BCUT2D eigenvalue weighted by Crippen LogP contribution is 2.50. The zero-order valence-corrected chi connectivity index (χ0v) is 11.5.